The van der Waals surface area contributed by atoms with E-state index in [1.165, 1.54) is 6.42 Å². The van der Waals surface area contributed by atoms with E-state index in [1.807, 2.05) is 6.08 Å². The van der Waals surface area contributed by atoms with Crippen LogP contribution in [0.4, 0.5) is 0 Å². The molecule has 0 atom stereocenters. The summed E-state index contributed by atoms with van der Waals surface area (Å²) >= 11 is 0. The minimum Gasteiger partial charge on any atom is -0.305 e. The maximum atomic E-state index is 4.78. The lowest BCUT2D eigenvalue weighted by atomic mass is 10.1. The van der Waals surface area contributed by atoms with E-state index in [2.05, 4.69) is 24.2 Å². The van der Waals surface area contributed by atoms with Gasteiger partial charge in [-0.25, -0.2) is 0 Å². The summed E-state index contributed by atoms with van der Waals surface area (Å²) in [6, 6.07) is 0. The van der Waals surface area contributed by atoms with Crippen molar-refractivity contribution in [3.63, 3.8) is 0 Å². The Morgan fingerprint density at radius 3 is 2.70 bits per heavy atom. The first-order valence-corrected chi connectivity index (χ1v) is 3.52. The molecule has 0 heterocycles. The Kier molecular flexibility index (Phi) is 5.72. The van der Waals surface area contributed by atoms with Gasteiger partial charge in [-0.05, 0) is 18.8 Å². The molecule has 3 nitrogen and oxygen atoms in total. The van der Waals surface area contributed by atoms with E-state index >= 15 is 0 Å². The zero-order valence-electron chi connectivity index (χ0n) is 6.62. The normalized spacial score (nSPS) is 12.3. The average Bonchev–Trinajstić information content (AvgIpc) is 1.87. The highest BCUT2D eigenvalue weighted by Gasteiger charge is 1.88. The first kappa shape index (κ1) is 9.14. The summed E-state index contributed by atoms with van der Waals surface area (Å²) in [7, 11) is 0. The van der Waals surface area contributed by atoms with Crippen molar-refractivity contribution < 1.29 is 0 Å². The van der Waals surface area contributed by atoms with Crippen molar-refractivity contribution in [1.82, 2.24) is 0 Å². The summed E-state index contributed by atoms with van der Waals surface area (Å²) in [6.07, 6.45) is 5.84. The maximum Gasteiger partial charge on any atom is 0.0472 e. The number of nitrogens with zero attached hydrogens (tertiary/aromatic N) is 2. The maximum absolute atomic E-state index is 4.78. The highest BCUT2D eigenvalue weighted by Crippen LogP contribution is 2.03. The molecule has 0 aromatic rings. The van der Waals surface area contributed by atoms with E-state index < -0.39 is 0 Å². The van der Waals surface area contributed by atoms with Gasteiger partial charge in [0.1, 0.15) is 0 Å². The summed E-state index contributed by atoms with van der Waals surface area (Å²) in [5, 5.41) is 6.58. The van der Waals surface area contributed by atoms with Gasteiger partial charge in [-0.3, -0.25) is 0 Å². The second-order valence-electron chi connectivity index (χ2n) is 2.59. The fourth-order valence-electron chi connectivity index (χ4n) is 0.590. The quantitative estimate of drug-likeness (QED) is 0.364. The zero-order chi connectivity index (χ0) is 7.82. The van der Waals surface area contributed by atoms with Crippen molar-refractivity contribution in [3.05, 3.63) is 12.3 Å². The molecule has 0 saturated carbocycles. The van der Waals surface area contributed by atoms with Crippen LogP contribution in [0, 0.1) is 5.92 Å². The molecule has 0 rings (SSSR count). The zero-order valence-corrected chi connectivity index (χ0v) is 6.62. The van der Waals surface area contributed by atoms with Gasteiger partial charge >= 0.3 is 0 Å². The molecule has 0 fully saturated rings. The molecule has 0 aliphatic rings. The predicted molar refractivity (Wildman–Crippen MR) is 42.3 cm³/mol. The monoisotopic (exact) mass is 141 g/mol. The van der Waals surface area contributed by atoms with Crippen LogP contribution in [0.15, 0.2) is 22.6 Å². The van der Waals surface area contributed by atoms with Gasteiger partial charge in [0.25, 0.3) is 0 Å². The Hall–Kier alpha value is -0.860. The molecule has 58 valence electrons. The third-order valence-corrected chi connectivity index (χ3v) is 1.15. The molecule has 0 bridgehead atoms. The summed E-state index contributed by atoms with van der Waals surface area (Å²) in [5.41, 5.74) is 0. The van der Waals surface area contributed by atoms with Crippen LogP contribution in [0.2, 0.25) is 0 Å². The fourth-order valence-corrected chi connectivity index (χ4v) is 0.590. The van der Waals surface area contributed by atoms with Crippen LogP contribution < -0.4 is 5.84 Å². The SMILES string of the molecule is CC(C)CC/C=C\N=N/N. The van der Waals surface area contributed by atoms with Gasteiger partial charge in [-0.2, -0.15) is 0 Å². The van der Waals surface area contributed by atoms with Crippen LogP contribution in [0.25, 0.3) is 0 Å². The van der Waals surface area contributed by atoms with Gasteiger partial charge in [0.15, 0.2) is 0 Å². The highest BCUT2D eigenvalue weighted by atomic mass is 15.3. The Balaban J connectivity index is 3.18. The van der Waals surface area contributed by atoms with E-state index in [1.54, 1.807) is 6.20 Å². The minimum atomic E-state index is 0.750. The van der Waals surface area contributed by atoms with Gasteiger partial charge in [0, 0.05) is 6.20 Å². The first-order valence-electron chi connectivity index (χ1n) is 3.52. The summed E-state index contributed by atoms with van der Waals surface area (Å²) in [5.74, 6) is 5.53. The lowest BCUT2D eigenvalue weighted by Gasteiger charge is -1.97. The van der Waals surface area contributed by atoms with E-state index in [9.17, 15) is 0 Å². The van der Waals surface area contributed by atoms with E-state index in [-0.39, 0.29) is 0 Å². The number of allylic oxidation sites excluding steroid dienone is 1. The number of rotatable bonds is 4. The van der Waals surface area contributed by atoms with Gasteiger partial charge in [0.05, 0.1) is 0 Å². The second-order valence-corrected chi connectivity index (χ2v) is 2.59. The fraction of sp³-hybridized carbons (Fsp3) is 0.714. The average molecular weight is 141 g/mol. The Bertz CT molecular complexity index is 116. The van der Waals surface area contributed by atoms with E-state index in [4.69, 9.17) is 5.84 Å². The van der Waals surface area contributed by atoms with E-state index in [0.717, 1.165) is 12.3 Å². The van der Waals surface area contributed by atoms with Crippen molar-refractivity contribution in [3.8, 4) is 0 Å². The van der Waals surface area contributed by atoms with Gasteiger partial charge < -0.3 is 5.84 Å². The second kappa shape index (κ2) is 6.26. The van der Waals surface area contributed by atoms with E-state index in [0.29, 0.717) is 0 Å². The summed E-state index contributed by atoms with van der Waals surface area (Å²) in [6.45, 7) is 4.39. The largest absolute Gasteiger partial charge is 0.305 e. The number of hydrogen-bond acceptors (Lipinski definition) is 2. The van der Waals surface area contributed by atoms with Crippen LogP contribution in [0.1, 0.15) is 26.7 Å². The molecule has 0 radical (unpaired) electrons. The standard InChI is InChI=1S/C7H15N3/c1-7(2)5-3-4-6-9-10-8/h4,6-7H,3,5H2,1-2H3,(H2,8,9)/b6-4-. The minimum absolute atomic E-state index is 0.750. The topological polar surface area (TPSA) is 50.7 Å². The predicted octanol–water partition coefficient (Wildman–Crippen LogP) is 2.26. The highest BCUT2D eigenvalue weighted by molar-refractivity contribution is 4.77. The Morgan fingerprint density at radius 1 is 1.50 bits per heavy atom. The molecule has 0 saturated heterocycles. The molecule has 0 amide bonds. The number of hydrogen-bond donors (Lipinski definition) is 1. The molecule has 3 heteroatoms. The van der Waals surface area contributed by atoms with Crippen molar-refractivity contribution in [2.45, 2.75) is 26.7 Å². The molecule has 0 unspecified atom stereocenters. The Morgan fingerprint density at radius 2 is 2.20 bits per heavy atom. The molecule has 0 aliphatic carbocycles. The molecule has 10 heavy (non-hydrogen) atoms. The molecule has 0 aromatic heterocycles. The van der Waals surface area contributed by atoms with Crippen molar-refractivity contribution in [1.29, 1.82) is 0 Å². The number of nitrogens with two attached hydrogens (primary N) is 1. The molecular formula is C7H15N3. The third-order valence-electron chi connectivity index (χ3n) is 1.15. The molecule has 2 N–H and O–H groups in total. The van der Waals surface area contributed by atoms with Crippen LogP contribution >= 0.6 is 0 Å². The molecule has 0 aliphatic heterocycles. The first-order chi connectivity index (χ1) is 4.77. The van der Waals surface area contributed by atoms with Gasteiger partial charge in [0.2, 0.25) is 0 Å². The van der Waals surface area contributed by atoms with Crippen molar-refractivity contribution >= 4 is 0 Å². The lowest BCUT2D eigenvalue weighted by molar-refractivity contribution is 0.594. The summed E-state index contributed by atoms with van der Waals surface area (Å²) < 4.78 is 0. The lowest BCUT2D eigenvalue weighted by Crippen LogP contribution is -1.83. The van der Waals surface area contributed by atoms with Crippen LogP contribution in [-0.4, -0.2) is 0 Å². The van der Waals surface area contributed by atoms with Crippen molar-refractivity contribution in [2.75, 3.05) is 0 Å². The Labute approximate surface area is 62.0 Å². The third kappa shape index (κ3) is 7.14. The van der Waals surface area contributed by atoms with Crippen molar-refractivity contribution in [2.24, 2.45) is 22.1 Å². The van der Waals surface area contributed by atoms with Crippen LogP contribution in [0.5, 0.6) is 0 Å². The smallest absolute Gasteiger partial charge is 0.0472 e. The molecule has 0 aromatic carbocycles. The van der Waals surface area contributed by atoms with Gasteiger partial charge in [-0.1, -0.05) is 25.1 Å². The summed E-state index contributed by atoms with van der Waals surface area (Å²) in [4.78, 5) is 0. The van der Waals surface area contributed by atoms with Crippen LogP contribution in [0.3, 0.4) is 0 Å². The van der Waals surface area contributed by atoms with Crippen LogP contribution in [-0.2, 0) is 0 Å². The van der Waals surface area contributed by atoms with Gasteiger partial charge in [-0.15, -0.1) is 5.11 Å². The molecular weight excluding hydrogens is 126 g/mol. The molecule has 0 spiro atoms.